The van der Waals surface area contributed by atoms with E-state index in [2.05, 4.69) is 29.3 Å². The number of hydrogen-bond acceptors (Lipinski definition) is 4. The summed E-state index contributed by atoms with van der Waals surface area (Å²) in [5.41, 5.74) is 2.57. The van der Waals surface area contributed by atoms with E-state index in [1.807, 2.05) is 23.7 Å². The Kier molecular flexibility index (Phi) is 5.89. The lowest BCUT2D eigenvalue weighted by Crippen LogP contribution is -2.04. The molecule has 130 valence electrons. The molecule has 0 fully saturated rings. The molecule has 0 N–H and O–H groups in total. The van der Waals surface area contributed by atoms with Gasteiger partial charge in [0.05, 0.1) is 5.02 Å². The lowest BCUT2D eigenvalue weighted by atomic mass is 10.1. The number of rotatable bonds is 6. The van der Waals surface area contributed by atoms with Crippen LogP contribution >= 0.6 is 35.0 Å². The summed E-state index contributed by atoms with van der Waals surface area (Å²) in [5, 5.41) is 10.4. The van der Waals surface area contributed by atoms with Crippen LogP contribution in [0.3, 0.4) is 0 Å². The summed E-state index contributed by atoms with van der Waals surface area (Å²) in [5.74, 6) is 2.11. The van der Waals surface area contributed by atoms with E-state index in [4.69, 9.17) is 27.9 Å². The number of halogens is 2. The highest BCUT2D eigenvalue weighted by molar-refractivity contribution is 7.98. The van der Waals surface area contributed by atoms with Crippen molar-refractivity contribution in [1.29, 1.82) is 0 Å². The second-order valence-electron chi connectivity index (χ2n) is 5.54. The summed E-state index contributed by atoms with van der Waals surface area (Å²) < 4.78 is 7.66. The van der Waals surface area contributed by atoms with Crippen LogP contribution in [0.5, 0.6) is 5.75 Å². The molecule has 1 heterocycles. The Bertz CT molecular complexity index is 883. The minimum absolute atomic E-state index is 0.272. The van der Waals surface area contributed by atoms with Gasteiger partial charge in [-0.3, -0.25) is 0 Å². The maximum atomic E-state index is 6.11. The van der Waals surface area contributed by atoms with Gasteiger partial charge in [-0.2, -0.15) is 0 Å². The molecule has 1 aromatic heterocycles. The van der Waals surface area contributed by atoms with Crippen LogP contribution in [0.4, 0.5) is 0 Å². The van der Waals surface area contributed by atoms with Gasteiger partial charge in [0.2, 0.25) is 0 Å². The first kappa shape index (κ1) is 18.1. The highest BCUT2D eigenvalue weighted by Crippen LogP contribution is 2.28. The van der Waals surface area contributed by atoms with Gasteiger partial charge in [-0.05, 0) is 30.2 Å². The quantitative estimate of drug-likeness (QED) is 0.532. The SMILES string of the molecule is Cc1ccccc1CSc1nnc(COc2cc(Cl)ccc2Cl)n1C. The van der Waals surface area contributed by atoms with Crippen LogP contribution in [-0.4, -0.2) is 14.8 Å². The molecule has 2 aromatic carbocycles. The Hall–Kier alpha value is -1.69. The van der Waals surface area contributed by atoms with E-state index in [9.17, 15) is 0 Å². The van der Waals surface area contributed by atoms with E-state index in [1.165, 1.54) is 11.1 Å². The summed E-state index contributed by atoms with van der Waals surface area (Å²) in [4.78, 5) is 0. The molecule has 25 heavy (non-hydrogen) atoms. The Labute approximate surface area is 161 Å². The van der Waals surface area contributed by atoms with Crippen molar-refractivity contribution in [2.75, 3.05) is 0 Å². The Morgan fingerprint density at radius 2 is 1.92 bits per heavy atom. The van der Waals surface area contributed by atoms with E-state index >= 15 is 0 Å². The van der Waals surface area contributed by atoms with Crippen LogP contribution in [0, 0.1) is 6.92 Å². The number of hydrogen-bond donors (Lipinski definition) is 0. The van der Waals surface area contributed by atoms with Crippen molar-refractivity contribution >= 4 is 35.0 Å². The third kappa shape index (κ3) is 4.48. The van der Waals surface area contributed by atoms with E-state index in [0.717, 1.165) is 16.7 Å². The number of nitrogens with zero attached hydrogens (tertiary/aromatic N) is 3. The standard InChI is InChI=1S/C18H17Cl2N3OS/c1-12-5-3-4-6-13(12)11-25-18-22-21-17(23(18)2)10-24-16-9-14(19)7-8-15(16)20/h3-9H,10-11H2,1-2H3. The van der Waals surface area contributed by atoms with E-state index in [1.54, 1.807) is 30.0 Å². The minimum atomic E-state index is 0.272. The van der Waals surface area contributed by atoms with Crippen LogP contribution in [0.25, 0.3) is 0 Å². The number of thioether (sulfide) groups is 1. The maximum absolute atomic E-state index is 6.11. The zero-order valence-corrected chi connectivity index (χ0v) is 16.2. The Morgan fingerprint density at radius 1 is 1.12 bits per heavy atom. The molecule has 4 nitrogen and oxygen atoms in total. The summed E-state index contributed by atoms with van der Waals surface area (Å²) in [6, 6.07) is 13.5. The van der Waals surface area contributed by atoms with Gasteiger partial charge < -0.3 is 9.30 Å². The molecule has 0 saturated carbocycles. The topological polar surface area (TPSA) is 39.9 Å². The maximum Gasteiger partial charge on any atom is 0.191 e. The zero-order valence-electron chi connectivity index (χ0n) is 13.9. The fourth-order valence-corrected chi connectivity index (χ4v) is 3.58. The second kappa shape index (κ2) is 8.13. The van der Waals surface area contributed by atoms with Crippen LogP contribution in [0.2, 0.25) is 10.0 Å². The molecule has 7 heteroatoms. The van der Waals surface area contributed by atoms with Gasteiger partial charge in [0, 0.05) is 23.9 Å². The van der Waals surface area contributed by atoms with Gasteiger partial charge in [0.25, 0.3) is 0 Å². The van der Waals surface area contributed by atoms with Crippen LogP contribution in [0.15, 0.2) is 47.6 Å². The highest BCUT2D eigenvalue weighted by atomic mass is 35.5. The van der Waals surface area contributed by atoms with Crippen molar-refractivity contribution in [2.24, 2.45) is 7.05 Å². The lowest BCUT2D eigenvalue weighted by molar-refractivity contribution is 0.290. The van der Waals surface area contributed by atoms with Gasteiger partial charge in [-0.1, -0.05) is 59.2 Å². The number of benzene rings is 2. The predicted molar refractivity (Wildman–Crippen MR) is 103 cm³/mol. The average Bonchev–Trinajstić information content (AvgIpc) is 2.95. The van der Waals surface area contributed by atoms with Crippen molar-refractivity contribution < 1.29 is 4.74 Å². The van der Waals surface area contributed by atoms with Crippen molar-refractivity contribution in [3.05, 3.63) is 69.5 Å². The fraction of sp³-hybridized carbons (Fsp3) is 0.222. The molecule has 0 amide bonds. The predicted octanol–water partition coefficient (Wildman–Crippen LogP) is 5.30. The van der Waals surface area contributed by atoms with Crippen LogP contribution in [0.1, 0.15) is 17.0 Å². The molecule has 0 saturated heterocycles. The Morgan fingerprint density at radius 3 is 2.72 bits per heavy atom. The molecule has 0 atom stereocenters. The lowest BCUT2D eigenvalue weighted by Gasteiger charge is -2.09. The van der Waals surface area contributed by atoms with Crippen LogP contribution < -0.4 is 4.74 Å². The molecule has 0 aliphatic heterocycles. The summed E-state index contributed by atoms with van der Waals surface area (Å²) in [6.45, 7) is 2.38. The molecule has 0 aliphatic carbocycles. The van der Waals surface area contributed by atoms with E-state index < -0.39 is 0 Å². The van der Waals surface area contributed by atoms with Gasteiger partial charge in [-0.15, -0.1) is 10.2 Å². The second-order valence-corrected chi connectivity index (χ2v) is 7.32. The molecule has 3 rings (SSSR count). The first-order chi connectivity index (χ1) is 12.0. The summed E-state index contributed by atoms with van der Waals surface area (Å²) in [6.07, 6.45) is 0. The van der Waals surface area contributed by atoms with Gasteiger partial charge >= 0.3 is 0 Å². The third-order valence-corrected chi connectivity index (χ3v) is 5.41. The monoisotopic (exact) mass is 393 g/mol. The first-order valence-corrected chi connectivity index (χ1v) is 9.42. The average molecular weight is 394 g/mol. The Balaban J connectivity index is 1.65. The van der Waals surface area contributed by atoms with Gasteiger partial charge in [0.1, 0.15) is 12.4 Å². The van der Waals surface area contributed by atoms with Crippen molar-refractivity contribution in [3.8, 4) is 5.75 Å². The number of ether oxygens (including phenoxy) is 1. The van der Waals surface area contributed by atoms with Crippen molar-refractivity contribution in [3.63, 3.8) is 0 Å². The smallest absolute Gasteiger partial charge is 0.191 e. The van der Waals surface area contributed by atoms with Crippen molar-refractivity contribution in [2.45, 2.75) is 24.4 Å². The van der Waals surface area contributed by atoms with Crippen molar-refractivity contribution in [1.82, 2.24) is 14.8 Å². The normalized spacial score (nSPS) is 10.9. The van der Waals surface area contributed by atoms with Gasteiger partial charge in [0.15, 0.2) is 11.0 Å². The fourth-order valence-electron chi connectivity index (χ4n) is 2.24. The van der Waals surface area contributed by atoms with E-state index in [0.29, 0.717) is 15.8 Å². The van der Waals surface area contributed by atoms with Gasteiger partial charge in [-0.25, -0.2) is 0 Å². The molecule has 3 aromatic rings. The number of aromatic nitrogens is 3. The molecule has 0 spiro atoms. The molecule has 0 aliphatic rings. The summed E-state index contributed by atoms with van der Waals surface area (Å²) in [7, 11) is 1.93. The summed E-state index contributed by atoms with van der Waals surface area (Å²) >= 11 is 13.7. The highest BCUT2D eigenvalue weighted by Gasteiger charge is 2.12. The molecule has 0 unspecified atom stereocenters. The van der Waals surface area contributed by atoms with Crippen LogP contribution in [-0.2, 0) is 19.4 Å². The molecular weight excluding hydrogens is 377 g/mol. The molecule has 0 radical (unpaired) electrons. The first-order valence-electron chi connectivity index (χ1n) is 7.68. The zero-order chi connectivity index (χ0) is 17.8. The molecule has 0 bridgehead atoms. The van der Waals surface area contributed by atoms with E-state index in [-0.39, 0.29) is 6.61 Å². The number of aryl methyl sites for hydroxylation is 1. The molecular formula is C18H17Cl2N3OS. The largest absolute Gasteiger partial charge is 0.484 e. The minimum Gasteiger partial charge on any atom is -0.484 e. The third-order valence-electron chi connectivity index (χ3n) is 3.79.